The van der Waals surface area contributed by atoms with Crippen LogP contribution in [0.1, 0.15) is 93.7 Å². The number of hydrogen-bond acceptors (Lipinski definition) is 1. The van der Waals surface area contributed by atoms with Crippen molar-refractivity contribution in [3.8, 4) is 5.75 Å². The van der Waals surface area contributed by atoms with E-state index >= 15 is 0 Å². The van der Waals surface area contributed by atoms with Gasteiger partial charge in [0.25, 0.3) is 0 Å². The molecule has 2 aromatic carbocycles. The van der Waals surface area contributed by atoms with Gasteiger partial charge in [-0.3, -0.25) is 0 Å². The summed E-state index contributed by atoms with van der Waals surface area (Å²) < 4.78 is 137. The topological polar surface area (TPSA) is 9.23 Å². The highest BCUT2D eigenvalue weighted by atomic mass is 19.3. The van der Waals surface area contributed by atoms with Crippen molar-refractivity contribution in [3.05, 3.63) is 63.5 Å². The van der Waals surface area contributed by atoms with Crippen LogP contribution in [0.15, 0.2) is 6.07 Å². The predicted octanol–water partition coefficient (Wildman–Crippen LogP) is 9.38. The molecule has 0 bridgehead atoms. The second kappa shape index (κ2) is 10.4. The zero-order valence-corrected chi connectivity index (χ0v) is 20.4. The molecule has 2 aromatic rings. The van der Waals surface area contributed by atoms with Crippen LogP contribution in [0, 0.1) is 52.6 Å². The van der Waals surface area contributed by atoms with Gasteiger partial charge in [-0.2, -0.15) is 13.2 Å². The molecular weight excluding hydrogens is 511 g/mol. The molecule has 2 aliphatic carbocycles. The summed E-state index contributed by atoms with van der Waals surface area (Å²) in [6, 6.07) is 0.153. The number of halogens is 9. The van der Waals surface area contributed by atoms with E-state index in [0.29, 0.717) is 44.4 Å². The van der Waals surface area contributed by atoms with Gasteiger partial charge in [-0.15, -0.1) is 0 Å². The van der Waals surface area contributed by atoms with Crippen LogP contribution >= 0.6 is 0 Å². The first kappa shape index (κ1) is 27.6. The van der Waals surface area contributed by atoms with Gasteiger partial charge in [-0.05, 0) is 49.4 Å². The van der Waals surface area contributed by atoms with Gasteiger partial charge in [-0.1, -0.05) is 39.5 Å². The third-order valence-corrected chi connectivity index (χ3v) is 7.84. The molecule has 0 N–H and O–H groups in total. The normalized spacial score (nSPS) is 24.8. The van der Waals surface area contributed by atoms with E-state index in [2.05, 4.69) is 4.74 Å². The summed E-state index contributed by atoms with van der Waals surface area (Å²) in [5.41, 5.74) is -4.04. The minimum Gasteiger partial charge on any atom is -0.425 e. The smallest absolute Gasteiger partial charge is 0.425 e. The molecule has 0 amide bonds. The van der Waals surface area contributed by atoms with Crippen LogP contribution in [0.25, 0.3) is 0 Å². The van der Waals surface area contributed by atoms with E-state index in [9.17, 15) is 39.5 Å². The maximum atomic E-state index is 14.8. The molecule has 0 aromatic heterocycles. The third-order valence-electron chi connectivity index (χ3n) is 7.84. The van der Waals surface area contributed by atoms with Crippen molar-refractivity contribution in [3.63, 3.8) is 0 Å². The summed E-state index contributed by atoms with van der Waals surface area (Å²) in [4.78, 5) is 0. The summed E-state index contributed by atoms with van der Waals surface area (Å²) in [7, 11) is 0. The van der Waals surface area contributed by atoms with Crippen LogP contribution in [0.4, 0.5) is 39.5 Å². The lowest BCUT2D eigenvalue weighted by Gasteiger charge is -2.28. The molecule has 0 saturated heterocycles. The van der Waals surface area contributed by atoms with Gasteiger partial charge in [0.1, 0.15) is 11.4 Å². The molecule has 2 saturated carbocycles. The van der Waals surface area contributed by atoms with E-state index in [-0.39, 0.29) is 24.8 Å². The van der Waals surface area contributed by atoms with E-state index in [0.717, 1.165) is 0 Å². The lowest BCUT2D eigenvalue weighted by Crippen LogP contribution is -2.29. The summed E-state index contributed by atoms with van der Waals surface area (Å²) in [6.07, 6.45) is -1.76. The molecule has 0 aliphatic heterocycles. The van der Waals surface area contributed by atoms with Crippen molar-refractivity contribution < 1.29 is 44.3 Å². The Bertz CT molecular complexity index is 1130. The zero-order valence-electron chi connectivity index (χ0n) is 20.4. The van der Waals surface area contributed by atoms with E-state index < -0.39 is 81.1 Å². The highest BCUT2D eigenvalue weighted by molar-refractivity contribution is 5.38. The maximum absolute atomic E-state index is 14.8. The highest BCUT2D eigenvalue weighted by Crippen LogP contribution is 2.45. The van der Waals surface area contributed by atoms with Crippen molar-refractivity contribution in [2.45, 2.75) is 83.2 Å². The average molecular weight is 538 g/mol. The lowest BCUT2D eigenvalue weighted by atomic mass is 9.78. The number of hydrogen-bond donors (Lipinski definition) is 0. The minimum atomic E-state index is -5.20. The fourth-order valence-electron chi connectivity index (χ4n) is 5.59. The Kier molecular flexibility index (Phi) is 7.77. The predicted molar refractivity (Wildman–Crippen MR) is 118 cm³/mol. The Hall–Kier alpha value is -2.39. The number of rotatable bonds is 5. The van der Waals surface area contributed by atoms with Gasteiger partial charge in [-0.25, -0.2) is 26.3 Å². The van der Waals surface area contributed by atoms with Gasteiger partial charge in [0, 0.05) is 17.2 Å². The molecule has 2 aliphatic rings. The summed E-state index contributed by atoms with van der Waals surface area (Å²) in [5.74, 6) is -16.7. The molecule has 37 heavy (non-hydrogen) atoms. The highest BCUT2D eigenvalue weighted by Gasteiger charge is 2.46. The lowest BCUT2D eigenvalue weighted by molar-refractivity contribution is -0.191. The van der Waals surface area contributed by atoms with Crippen LogP contribution < -0.4 is 4.74 Å². The molecule has 0 radical (unpaired) electrons. The monoisotopic (exact) mass is 538 g/mol. The van der Waals surface area contributed by atoms with Gasteiger partial charge in [0.2, 0.25) is 5.82 Å². The standard InChI is InChI=1S/C27H27F9O/c1-12-3-7-14(8-4-12)18-16(28)11-17(21(29)22(18)30)37-27(35,36)20-25(33)23(31)19(24(32)26(20)34)15-9-5-13(2)6-10-15/h11-15H,3-10H2,1-2H3. The Morgan fingerprint density at radius 2 is 1.00 bits per heavy atom. The molecule has 1 nitrogen and oxygen atoms in total. The average Bonchev–Trinajstić information content (AvgIpc) is 2.83. The molecule has 10 heteroatoms. The van der Waals surface area contributed by atoms with Crippen molar-refractivity contribution in [2.75, 3.05) is 0 Å². The first-order valence-electron chi connectivity index (χ1n) is 12.4. The Morgan fingerprint density at radius 1 is 0.595 bits per heavy atom. The fraction of sp³-hybridized carbons (Fsp3) is 0.556. The third kappa shape index (κ3) is 5.17. The van der Waals surface area contributed by atoms with E-state index in [4.69, 9.17) is 0 Å². The molecule has 0 atom stereocenters. The second-order valence-corrected chi connectivity index (χ2v) is 10.5. The van der Waals surface area contributed by atoms with Gasteiger partial charge >= 0.3 is 6.11 Å². The number of benzene rings is 2. The SMILES string of the molecule is CC1CCC(c2c(F)cc(OC(F)(F)c3c(F)c(F)c(C4CCC(C)CC4)c(F)c3F)c(F)c2F)CC1. The first-order valence-corrected chi connectivity index (χ1v) is 12.4. The van der Waals surface area contributed by atoms with Crippen molar-refractivity contribution in [2.24, 2.45) is 11.8 Å². The molecular formula is C27H27F9O. The molecule has 204 valence electrons. The quantitative estimate of drug-likeness (QED) is 0.272. The van der Waals surface area contributed by atoms with E-state index in [1.54, 1.807) is 0 Å². The largest absolute Gasteiger partial charge is 0.432 e. The van der Waals surface area contributed by atoms with Crippen LogP contribution in [-0.4, -0.2) is 0 Å². The van der Waals surface area contributed by atoms with E-state index in [1.165, 1.54) is 0 Å². The number of ether oxygens (including phenoxy) is 1. The van der Waals surface area contributed by atoms with Gasteiger partial charge in [0.15, 0.2) is 34.8 Å². The van der Waals surface area contributed by atoms with Crippen LogP contribution in [-0.2, 0) is 6.11 Å². The summed E-state index contributed by atoms with van der Waals surface area (Å²) in [5, 5.41) is 0. The van der Waals surface area contributed by atoms with Crippen molar-refractivity contribution >= 4 is 0 Å². The molecule has 0 heterocycles. The first-order chi connectivity index (χ1) is 17.3. The zero-order chi connectivity index (χ0) is 27.2. The minimum absolute atomic E-state index is 0.153. The molecule has 0 spiro atoms. The van der Waals surface area contributed by atoms with Crippen LogP contribution in [0.5, 0.6) is 5.75 Å². The Labute approximate surface area is 209 Å². The number of alkyl halides is 2. The summed E-state index contributed by atoms with van der Waals surface area (Å²) >= 11 is 0. The molecule has 0 unspecified atom stereocenters. The fourth-order valence-corrected chi connectivity index (χ4v) is 5.59. The van der Waals surface area contributed by atoms with Crippen molar-refractivity contribution in [1.82, 2.24) is 0 Å². The summed E-state index contributed by atoms with van der Waals surface area (Å²) in [6.45, 7) is 3.85. The van der Waals surface area contributed by atoms with Crippen LogP contribution in [0.3, 0.4) is 0 Å². The van der Waals surface area contributed by atoms with Gasteiger partial charge < -0.3 is 4.74 Å². The van der Waals surface area contributed by atoms with E-state index in [1.807, 2.05) is 13.8 Å². The Morgan fingerprint density at radius 3 is 1.46 bits per heavy atom. The van der Waals surface area contributed by atoms with Crippen molar-refractivity contribution in [1.29, 1.82) is 0 Å². The van der Waals surface area contributed by atoms with Gasteiger partial charge in [0.05, 0.1) is 0 Å². The molecule has 2 fully saturated rings. The molecule has 4 rings (SSSR count). The second-order valence-electron chi connectivity index (χ2n) is 10.5. The van der Waals surface area contributed by atoms with Crippen LogP contribution in [0.2, 0.25) is 0 Å². The maximum Gasteiger partial charge on any atom is 0.432 e. The Balaban J connectivity index is 1.68.